The second kappa shape index (κ2) is 16.1. The molecule has 1 aliphatic heterocycles. The molecule has 0 aromatic carbocycles. The third kappa shape index (κ3) is 9.55. The second-order valence-electron chi connectivity index (χ2n) is 8.73. The van der Waals surface area contributed by atoms with Crippen LogP contribution in [0.15, 0.2) is 58.5 Å². The summed E-state index contributed by atoms with van der Waals surface area (Å²) in [6, 6.07) is 9.51. The maximum atomic E-state index is 12.3. The van der Waals surface area contributed by atoms with Crippen molar-refractivity contribution in [1.29, 1.82) is 0 Å². The second-order valence-corrected chi connectivity index (χ2v) is 10.2. The zero-order chi connectivity index (χ0) is 26.4. The van der Waals surface area contributed by atoms with Crippen LogP contribution in [0.25, 0.3) is 11.4 Å². The first-order valence-corrected chi connectivity index (χ1v) is 13.4. The Balaban J connectivity index is 0.00000267. The molecular formula is C25H34CuN4O9P. The number of aliphatic hydroxyl groups is 1. The van der Waals surface area contributed by atoms with Gasteiger partial charge in [0.25, 0.3) is 5.56 Å². The molecule has 2 unspecified atom stereocenters. The van der Waals surface area contributed by atoms with Crippen molar-refractivity contribution in [2.24, 2.45) is 0 Å². The van der Waals surface area contributed by atoms with E-state index in [1.165, 1.54) is 13.1 Å². The van der Waals surface area contributed by atoms with Gasteiger partial charge in [-0.2, -0.15) is 0 Å². The van der Waals surface area contributed by atoms with E-state index >= 15 is 0 Å². The van der Waals surface area contributed by atoms with Crippen LogP contribution in [-0.4, -0.2) is 60.4 Å². The molecule has 3 aromatic rings. The van der Waals surface area contributed by atoms with Crippen molar-refractivity contribution < 1.29 is 50.9 Å². The normalized spacial score (nSPS) is 19.5. The van der Waals surface area contributed by atoms with Crippen LogP contribution in [0.3, 0.4) is 0 Å². The Morgan fingerprint density at radius 2 is 1.90 bits per heavy atom. The van der Waals surface area contributed by atoms with E-state index in [9.17, 15) is 24.2 Å². The minimum absolute atomic E-state index is 0. The molecule has 1 aliphatic rings. The maximum Gasteiger partial charge on any atom is 1.00 e. The molecule has 15 heteroatoms. The monoisotopic (exact) mass is 628 g/mol. The summed E-state index contributed by atoms with van der Waals surface area (Å²) in [7, 11) is -4.37. The van der Waals surface area contributed by atoms with Crippen molar-refractivity contribution in [1.82, 2.24) is 19.5 Å². The molecule has 4 heterocycles. The van der Waals surface area contributed by atoms with Crippen molar-refractivity contribution in [3.05, 3.63) is 88.3 Å². The molecule has 1 saturated heterocycles. The number of rotatable bonds is 11. The standard InChI is InChI=1S/C24H29N4O8P.CH3.Cu.H2O/c1-16-14-28(24(31)27-23(16)30)22-13-20(29)21(36-22)15-35-37(32,33)34-11-5-3-6-17-8-10-26-19(12-17)18-7-2-4-9-25-18;;;/h2,4,7-10,12,14,20-22,29H,3,5-6,11,13,15H2,1H3,(H,32,33)(H,27,30,31);1H3;;1H2/q;-1;+1;/t20?,21-,22-;;;/m1.../s1. The van der Waals surface area contributed by atoms with Crippen LogP contribution in [0.5, 0.6) is 0 Å². The minimum Gasteiger partial charge on any atom is -0.412 e. The number of aromatic nitrogens is 4. The van der Waals surface area contributed by atoms with Gasteiger partial charge in [-0.05, 0) is 56.0 Å². The van der Waals surface area contributed by atoms with Gasteiger partial charge in [0, 0.05) is 30.6 Å². The van der Waals surface area contributed by atoms with Crippen molar-refractivity contribution in [3.63, 3.8) is 0 Å². The summed E-state index contributed by atoms with van der Waals surface area (Å²) in [6.07, 6.45) is 3.95. The summed E-state index contributed by atoms with van der Waals surface area (Å²) in [5.41, 5.74) is 1.76. The van der Waals surface area contributed by atoms with E-state index in [4.69, 9.17) is 13.8 Å². The van der Waals surface area contributed by atoms with Gasteiger partial charge in [0.1, 0.15) is 12.3 Å². The molecule has 1 fully saturated rings. The van der Waals surface area contributed by atoms with Gasteiger partial charge in [-0.25, -0.2) is 9.36 Å². The van der Waals surface area contributed by atoms with Crippen molar-refractivity contribution in [2.75, 3.05) is 13.2 Å². The van der Waals surface area contributed by atoms with Gasteiger partial charge in [0.2, 0.25) is 0 Å². The van der Waals surface area contributed by atoms with Crippen LogP contribution in [0, 0.1) is 14.4 Å². The topological polar surface area (TPSA) is 197 Å². The first-order chi connectivity index (χ1) is 17.7. The number of phosphoric ester groups is 1. The van der Waals surface area contributed by atoms with E-state index in [-0.39, 0.29) is 43.0 Å². The Labute approximate surface area is 242 Å². The molecule has 224 valence electrons. The minimum atomic E-state index is -4.37. The van der Waals surface area contributed by atoms with Crippen LogP contribution in [0.2, 0.25) is 0 Å². The number of aliphatic hydroxyl groups excluding tert-OH is 1. The summed E-state index contributed by atoms with van der Waals surface area (Å²) >= 11 is 0. The zero-order valence-corrected chi connectivity index (χ0v) is 23.9. The number of aryl methyl sites for hydroxylation is 2. The molecule has 3 aromatic heterocycles. The number of H-pyrrole nitrogens is 1. The molecule has 0 bridgehead atoms. The van der Waals surface area contributed by atoms with Gasteiger partial charge in [-0.1, -0.05) is 6.07 Å². The number of unbranched alkanes of at least 4 members (excludes halogenated alkanes) is 1. The predicted octanol–water partition coefficient (Wildman–Crippen LogP) is 1.73. The van der Waals surface area contributed by atoms with Crippen molar-refractivity contribution >= 4 is 7.82 Å². The van der Waals surface area contributed by atoms with E-state index in [0.717, 1.165) is 27.9 Å². The smallest absolute Gasteiger partial charge is 0.412 e. The maximum absolute atomic E-state index is 12.3. The Hall–Kier alpha value is -2.51. The Kier molecular flexibility index (Phi) is 14.3. The fourth-order valence-electron chi connectivity index (χ4n) is 3.94. The number of ether oxygens (including phenoxy) is 1. The van der Waals surface area contributed by atoms with Gasteiger partial charge in [-0.3, -0.25) is 33.4 Å². The molecule has 40 heavy (non-hydrogen) atoms. The summed E-state index contributed by atoms with van der Waals surface area (Å²) in [5.74, 6) is 0. The van der Waals surface area contributed by atoms with Gasteiger partial charge in [-0.15, -0.1) is 0 Å². The SMILES string of the molecule is Cc1cn([C@H]2CC(O)[C@@H](COP(=O)(O)OCCCCc3ccnc(-c4ccccn4)c3)O2)c(=O)[nH]c1=O.O.[CH3-].[Cu+]. The first-order valence-electron chi connectivity index (χ1n) is 11.9. The molecule has 0 spiro atoms. The number of pyridine rings is 2. The van der Waals surface area contributed by atoms with Crippen LogP contribution in [-0.2, 0) is 41.8 Å². The number of hydrogen-bond acceptors (Lipinski definition) is 9. The van der Waals surface area contributed by atoms with Gasteiger partial charge in [0.15, 0.2) is 0 Å². The average molecular weight is 629 g/mol. The predicted molar refractivity (Wildman–Crippen MR) is 143 cm³/mol. The molecule has 0 radical (unpaired) electrons. The third-order valence-corrected chi connectivity index (χ3v) is 6.91. The molecule has 5 N–H and O–H groups in total. The average Bonchev–Trinajstić information content (AvgIpc) is 3.25. The molecular weight excluding hydrogens is 595 g/mol. The largest absolute Gasteiger partial charge is 1.00 e. The summed E-state index contributed by atoms with van der Waals surface area (Å²) < 4.78 is 29.1. The number of aromatic amines is 1. The number of phosphoric acid groups is 1. The van der Waals surface area contributed by atoms with Crippen LogP contribution in [0.4, 0.5) is 0 Å². The van der Waals surface area contributed by atoms with Gasteiger partial charge < -0.3 is 27.6 Å². The fourth-order valence-corrected chi connectivity index (χ4v) is 4.71. The summed E-state index contributed by atoms with van der Waals surface area (Å²) in [4.78, 5) is 44.4. The number of nitrogens with zero attached hydrogens (tertiary/aromatic N) is 3. The fraction of sp³-hybridized carbons (Fsp3) is 0.400. The van der Waals surface area contributed by atoms with E-state index in [1.807, 2.05) is 30.3 Å². The van der Waals surface area contributed by atoms with E-state index in [1.54, 1.807) is 12.4 Å². The Morgan fingerprint density at radius 3 is 2.62 bits per heavy atom. The molecule has 13 nitrogen and oxygen atoms in total. The van der Waals surface area contributed by atoms with Crippen LogP contribution >= 0.6 is 7.82 Å². The molecule has 0 saturated carbocycles. The number of nitrogens with one attached hydrogen (secondary N) is 1. The summed E-state index contributed by atoms with van der Waals surface area (Å²) in [6.45, 7) is 1.14. The molecule has 0 aliphatic carbocycles. The third-order valence-electron chi connectivity index (χ3n) is 5.93. The van der Waals surface area contributed by atoms with Crippen molar-refractivity contribution in [3.8, 4) is 11.4 Å². The quantitative estimate of drug-likeness (QED) is 0.122. The Morgan fingerprint density at radius 1 is 1.15 bits per heavy atom. The zero-order valence-electron chi connectivity index (χ0n) is 22.0. The molecule has 0 amide bonds. The van der Waals surface area contributed by atoms with Gasteiger partial charge in [0.05, 0.1) is 30.7 Å². The van der Waals surface area contributed by atoms with Crippen molar-refractivity contribution in [2.45, 2.75) is 51.0 Å². The van der Waals surface area contributed by atoms with E-state index in [0.29, 0.717) is 18.4 Å². The van der Waals surface area contributed by atoms with Crippen LogP contribution < -0.4 is 11.2 Å². The molecule has 4 atom stereocenters. The molecule has 4 rings (SSSR count). The van der Waals surface area contributed by atoms with Crippen LogP contribution in [0.1, 0.15) is 36.6 Å². The number of hydrogen-bond donors (Lipinski definition) is 3. The summed E-state index contributed by atoms with van der Waals surface area (Å²) in [5, 5.41) is 10.3. The van der Waals surface area contributed by atoms with E-state index in [2.05, 4.69) is 15.0 Å². The Bertz CT molecular complexity index is 1370. The first kappa shape index (κ1) is 35.5. The van der Waals surface area contributed by atoms with Gasteiger partial charge >= 0.3 is 30.6 Å². The van der Waals surface area contributed by atoms with E-state index < -0.39 is 44.1 Å².